The maximum absolute atomic E-state index is 12.5. The van der Waals surface area contributed by atoms with Crippen LogP contribution in [-0.2, 0) is 9.53 Å². The molecule has 1 aromatic carbocycles. The number of ether oxygens (including phenoxy) is 2. The van der Waals surface area contributed by atoms with E-state index in [9.17, 15) is 4.79 Å². The summed E-state index contributed by atoms with van der Waals surface area (Å²) in [4.78, 5) is 28.1. The molecule has 1 aromatic heterocycles. The lowest BCUT2D eigenvalue weighted by molar-refractivity contribution is -0.133. The van der Waals surface area contributed by atoms with E-state index < -0.39 is 0 Å². The number of amides is 1. The Kier molecular flexibility index (Phi) is 6.09. The van der Waals surface area contributed by atoms with Crippen molar-refractivity contribution >= 4 is 17.7 Å². The van der Waals surface area contributed by atoms with Crippen molar-refractivity contribution in [3.8, 4) is 5.75 Å². The highest BCUT2D eigenvalue weighted by Crippen LogP contribution is 2.20. The average molecular weight is 397 g/mol. The van der Waals surface area contributed by atoms with Gasteiger partial charge in [0.05, 0.1) is 13.2 Å². The van der Waals surface area contributed by atoms with Crippen LogP contribution in [-0.4, -0.2) is 79.9 Å². The first-order chi connectivity index (χ1) is 14.2. The van der Waals surface area contributed by atoms with Gasteiger partial charge in [-0.15, -0.1) is 0 Å². The zero-order valence-electron chi connectivity index (χ0n) is 16.8. The zero-order valence-corrected chi connectivity index (χ0v) is 16.8. The van der Waals surface area contributed by atoms with E-state index >= 15 is 0 Å². The summed E-state index contributed by atoms with van der Waals surface area (Å²) in [5.74, 6) is 2.40. The molecule has 2 aliphatic heterocycles. The van der Waals surface area contributed by atoms with Crippen molar-refractivity contribution < 1.29 is 14.3 Å². The van der Waals surface area contributed by atoms with Crippen molar-refractivity contribution in [2.45, 2.75) is 6.92 Å². The quantitative estimate of drug-likeness (QED) is 0.754. The molecule has 0 atom stereocenters. The van der Waals surface area contributed by atoms with Crippen LogP contribution in [0, 0.1) is 6.92 Å². The topological polar surface area (TPSA) is 71.0 Å². The summed E-state index contributed by atoms with van der Waals surface area (Å²) in [5, 5.41) is 0. The Hall–Kier alpha value is -2.87. The van der Waals surface area contributed by atoms with Gasteiger partial charge in [-0.3, -0.25) is 4.79 Å². The smallest absolute Gasteiger partial charge is 0.260 e. The van der Waals surface area contributed by atoms with Crippen molar-refractivity contribution in [3.63, 3.8) is 0 Å². The van der Waals surface area contributed by atoms with E-state index in [4.69, 9.17) is 14.5 Å². The number of morpholine rings is 1. The molecule has 29 heavy (non-hydrogen) atoms. The molecular weight excluding hydrogens is 370 g/mol. The van der Waals surface area contributed by atoms with Crippen LogP contribution in [0.4, 0.5) is 11.8 Å². The van der Waals surface area contributed by atoms with Gasteiger partial charge in [-0.1, -0.05) is 18.2 Å². The van der Waals surface area contributed by atoms with Crippen molar-refractivity contribution in [1.82, 2.24) is 14.9 Å². The fourth-order valence-electron chi connectivity index (χ4n) is 3.54. The van der Waals surface area contributed by atoms with Crippen LogP contribution in [0.1, 0.15) is 5.69 Å². The molecule has 0 bridgehead atoms. The molecule has 0 unspecified atom stereocenters. The van der Waals surface area contributed by atoms with Gasteiger partial charge in [0.1, 0.15) is 11.6 Å². The largest absolute Gasteiger partial charge is 0.484 e. The fourth-order valence-corrected chi connectivity index (χ4v) is 3.54. The number of aromatic nitrogens is 2. The van der Waals surface area contributed by atoms with Gasteiger partial charge in [0, 0.05) is 51.0 Å². The number of piperazine rings is 1. The molecule has 2 saturated heterocycles. The minimum Gasteiger partial charge on any atom is -0.484 e. The van der Waals surface area contributed by atoms with E-state index in [-0.39, 0.29) is 12.5 Å². The number of nitrogens with zero attached hydrogens (tertiary/aromatic N) is 5. The van der Waals surface area contributed by atoms with Crippen LogP contribution in [0.3, 0.4) is 0 Å². The van der Waals surface area contributed by atoms with Crippen molar-refractivity contribution in [1.29, 1.82) is 0 Å². The fraction of sp³-hybridized carbons (Fsp3) is 0.476. The molecule has 2 aromatic rings. The molecule has 2 aliphatic rings. The standard InChI is InChI=1S/C21H27N5O3/c1-17-15-19(24-11-13-28-14-12-24)23-21(22-17)26-9-7-25(8-10-26)20(27)16-29-18-5-3-2-4-6-18/h2-6,15H,7-14,16H2,1H3. The third kappa shape index (κ3) is 4.95. The number of para-hydroxylation sites is 1. The summed E-state index contributed by atoms with van der Waals surface area (Å²) in [6.07, 6.45) is 0. The Morgan fingerprint density at radius 2 is 1.72 bits per heavy atom. The van der Waals surface area contributed by atoms with Gasteiger partial charge < -0.3 is 24.2 Å². The molecule has 4 rings (SSSR count). The predicted octanol–water partition coefficient (Wildman–Crippen LogP) is 1.35. The summed E-state index contributed by atoms with van der Waals surface area (Å²) in [6.45, 7) is 7.91. The SMILES string of the molecule is Cc1cc(N2CCOCC2)nc(N2CCN(C(=O)COc3ccccc3)CC2)n1. The van der Waals surface area contributed by atoms with E-state index in [1.54, 1.807) is 0 Å². The molecule has 0 saturated carbocycles. The van der Waals surface area contributed by atoms with Gasteiger partial charge in [0.2, 0.25) is 5.95 Å². The van der Waals surface area contributed by atoms with Crippen LogP contribution >= 0.6 is 0 Å². The third-order valence-corrected chi connectivity index (χ3v) is 5.18. The molecule has 3 heterocycles. The molecule has 154 valence electrons. The number of hydrogen-bond acceptors (Lipinski definition) is 7. The van der Waals surface area contributed by atoms with Crippen LogP contribution < -0.4 is 14.5 Å². The van der Waals surface area contributed by atoms with E-state index in [1.165, 1.54) is 0 Å². The molecule has 0 spiro atoms. The van der Waals surface area contributed by atoms with Gasteiger partial charge in [0.25, 0.3) is 5.91 Å². The summed E-state index contributed by atoms with van der Waals surface area (Å²) in [6, 6.07) is 11.4. The number of benzene rings is 1. The maximum atomic E-state index is 12.5. The first-order valence-corrected chi connectivity index (χ1v) is 10.1. The lowest BCUT2D eigenvalue weighted by Gasteiger charge is -2.35. The Morgan fingerprint density at radius 1 is 1.00 bits per heavy atom. The lowest BCUT2D eigenvalue weighted by Crippen LogP contribution is -2.50. The number of anilines is 2. The summed E-state index contributed by atoms with van der Waals surface area (Å²) in [5.41, 5.74) is 0.950. The molecule has 8 nitrogen and oxygen atoms in total. The van der Waals surface area contributed by atoms with E-state index in [1.807, 2.05) is 48.2 Å². The molecule has 0 aliphatic carbocycles. The van der Waals surface area contributed by atoms with Crippen molar-refractivity contribution in [3.05, 3.63) is 42.1 Å². The Bertz CT molecular complexity index is 818. The summed E-state index contributed by atoms with van der Waals surface area (Å²) < 4.78 is 11.0. The number of hydrogen-bond donors (Lipinski definition) is 0. The molecule has 0 radical (unpaired) electrons. The highest BCUT2D eigenvalue weighted by Gasteiger charge is 2.24. The number of carbonyl (C=O) groups is 1. The van der Waals surface area contributed by atoms with Crippen LogP contribution in [0.15, 0.2) is 36.4 Å². The van der Waals surface area contributed by atoms with Crippen LogP contribution in [0.2, 0.25) is 0 Å². The Labute approximate surface area is 171 Å². The lowest BCUT2D eigenvalue weighted by atomic mass is 10.3. The highest BCUT2D eigenvalue weighted by atomic mass is 16.5. The summed E-state index contributed by atoms with van der Waals surface area (Å²) >= 11 is 0. The van der Waals surface area contributed by atoms with Gasteiger partial charge in [0.15, 0.2) is 6.61 Å². The molecule has 2 fully saturated rings. The predicted molar refractivity (Wildman–Crippen MR) is 111 cm³/mol. The second-order valence-electron chi connectivity index (χ2n) is 7.24. The Balaban J connectivity index is 1.33. The number of rotatable bonds is 5. The van der Waals surface area contributed by atoms with Crippen molar-refractivity contribution in [2.24, 2.45) is 0 Å². The maximum Gasteiger partial charge on any atom is 0.260 e. The van der Waals surface area contributed by atoms with E-state index in [2.05, 4.69) is 14.8 Å². The van der Waals surface area contributed by atoms with Gasteiger partial charge in [-0.05, 0) is 19.1 Å². The summed E-state index contributed by atoms with van der Waals surface area (Å²) in [7, 11) is 0. The first kappa shape index (κ1) is 19.4. The third-order valence-electron chi connectivity index (χ3n) is 5.18. The van der Waals surface area contributed by atoms with Gasteiger partial charge in [-0.25, -0.2) is 4.98 Å². The molecule has 0 N–H and O–H groups in total. The normalized spacial score (nSPS) is 17.3. The van der Waals surface area contributed by atoms with E-state index in [0.29, 0.717) is 31.9 Å². The average Bonchev–Trinajstić information content (AvgIpc) is 2.78. The second-order valence-corrected chi connectivity index (χ2v) is 7.24. The van der Waals surface area contributed by atoms with Crippen molar-refractivity contribution in [2.75, 3.05) is 68.9 Å². The molecular formula is C21H27N5O3. The first-order valence-electron chi connectivity index (χ1n) is 10.1. The zero-order chi connectivity index (χ0) is 20.1. The molecule has 8 heteroatoms. The van der Waals surface area contributed by atoms with Crippen LogP contribution in [0.5, 0.6) is 5.75 Å². The highest BCUT2D eigenvalue weighted by molar-refractivity contribution is 5.78. The Morgan fingerprint density at radius 3 is 2.45 bits per heavy atom. The number of aryl methyl sites for hydroxylation is 1. The van der Waals surface area contributed by atoms with Crippen LogP contribution in [0.25, 0.3) is 0 Å². The second kappa shape index (κ2) is 9.09. The minimum atomic E-state index is 0.00710. The monoisotopic (exact) mass is 397 g/mol. The van der Waals surface area contributed by atoms with Gasteiger partial charge in [-0.2, -0.15) is 4.98 Å². The molecule has 1 amide bonds. The van der Waals surface area contributed by atoms with E-state index in [0.717, 1.165) is 43.8 Å². The minimum absolute atomic E-state index is 0.00710. The van der Waals surface area contributed by atoms with Gasteiger partial charge >= 0.3 is 0 Å². The number of carbonyl (C=O) groups excluding carboxylic acids is 1.